The molecule has 0 aromatic heterocycles. The maximum Gasteiger partial charge on any atom is 0.305 e. The van der Waals surface area contributed by atoms with Gasteiger partial charge < -0.3 is 18.9 Å². The molecule has 0 aliphatic heterocycles. The Hall–Kier alpha value is -1.73. The topological polar surface area (TPSA) is 88.1 Å². The first-order chi connectivity index (χ1) is 16.0. The van der Waals surface area contributed by atoms with Crippen molar-refractivity contribution in [3.63, 3.8) is 0 Å². The van der Waals surface area contributed by atoms with Crippen LogP contribution in [-0.4, -0.2) is 44.0 Å². The smallest absolute Gasteiger partial charge is 0.305 e. The Bertz CT molecular complexity index is 865. The molecule has 0 N–H and O–H groups in total. The molecule has 34 heavy (non-hydrogen) atoms. The van der Waals surface area contributed by atoms with Crippen molar-refractivity contribution in [2.75, 3.05) is 20.5 Å². The summed E-state index contributed by atoms with van der Waals surface area (Å²) in [6.07, 6.45) is 9.54. The average molecular weight is 477 g/mol. The van der Waals surface area contributed by atoms with Crippen LogP contribution in [0.4, 0.5) is 0 Å². The van der Waals surface area contributed by atoms with Crippen molar-refractivity contribution in [1.82, 2.24) is 0 Å². The second-order valence-electron chi connectivity index (χ2n) is 11.4. The minimum atomic E-state index is -0.954. The van der Waals surface area contributed by atoms with Gasteiger partial charge in [-0.15, -0.1) is 0 Å². The normalized spacial score (nSPS) is 40.9. The Morgan fingerprint density at radius 1 is 1.00 bits per heavy atom. The summed E-state index contributed by atoms with van der Waals surface area (Å²) in [6.45, 7) is 7.45. The van der Waals surface area contributed by atoms with E-state index < -0.39 is 11.8 Å². The molecule has 0 saturated heterocycles. The summed E-state index contributed by atoms with van der Waals surface area (Å²) in [6, 6.07) is 0. The Labute approximate surface area is 202 Å². The van der Waals surface area contributed by atoms with E-state index in [1.807, 2.05) is 0 Å². The van der Waals surface area contributed by atoms with Gasteiger partial charge in [-0.3, -0.25) is 14.4 Å². The molecule has 4 rings (SSSR count). The molecular formula is C27H40O7. The van der Waals surface area contributed by atoms with Crippen LogP contribution in [0.3, 0.4) is 0 Å². The first kappa shape index (κ1) is 25.4. The van der Waals surface area contributed by atoms with Gasteiger partial charge in [0.15, 0.2) is 12.6 Å². The highest BCUT2D eigenvalue weighted by Gasteiger charge is 2.61. The van der Waals surface area contributed by atoms with Crippen molar-refractivity contribution >= 4 is 17.7 Å². The summed E-state index contributed by atoms with van der Waals surface area (Å²) in [5, 5.41) is 0. The van der Waals surface area contributed by atoms with Crippen LogP contribution in [0.25, 0.3) is 0 Å². The van der Waals surface area contributed by atoms with E-state index >= 15 is 0 Å². The van der Waals surface area contributed by atoms with Crippen LogP contribution in [0.15, 0.2) is 11.6 Å². The predicted octanol–water partition coefficient (Wildman–Crippen LogP) is 4.58. The number of esters is 2. The largest absolute Gasteiger partial charge is 0.458 e. The number of fused-ring (bicyclic) bond motifs is 5. The Balaban J connectivity index is 1.54. The fourth-order valence-electron chi connectivity index (χ4n) is 8.08. The summed E-state index contributed by atoms with van der Waals surface area (Å²) >= 11 is 0. The lowest BCUT2D eigenvalue weighted by Crippen LogP contribution is -2.54. The lowest BCUT2D eigenvalue weighted by Gasteiger charge is -2.59. The Morgan fingerprint density at radius 3 is 2.44 bits per heavy atom. The first-order valence-corrected chi connectivity index (χ1v) is 12.7. The molecule has 0 unspecified atom stereocenters. The lowest BCUT2D eigenvalue weighted by atomic mass is 9.47. The van der Waals surface area contributed by atoms with Crippen molar-refractivity contribution in [2.45, 2.75) is 84.8 Å². The monoisotopic (exact) mass is 476 g/mol. The maximum atomic E-state index is 13.0. The molecule has 0 aromatic rings. The molecule has 0 aromatic carbocycles. The van der Waals surface area contributed by atoms with Crippen LogP contribution in [-0.2, 0) is 33.3 Å². The van der Waals surface area contributed by atoms with Gasteiger partial charge in [-0.1, -0.05) is 25.5 Å². The minimum absolute atomic E-state index is 0.0265. The van der Waals surface area contributed by atoms with Gasteiger partial charge in [0, 0.05) is 39.7 Å². The van der Waals surface area contributed by atoms with Crippen LogP contribution in [0.2, 0.25) is 0 Å². The summed E-state index contributed by atoms with van der Waals surface area (Å²) in [5.74, 6) is -0.0468. The lowest BCUT2D eigenvalue weighted by molar-refractivity contribution is -0.270. The number of hydrogen-bond donors (Lipinski definition) is 0. The summed E-state index contributed by atoms with van der Waals surface area (Å²) in [4.78, 5) is 36.0. The second-order valence-corrected chi connectivity index (χ2v) is 11.4. The van der Waals surface area contributed by atoms with E-state index in [-0.39, 0.29) is 41.9 Å². The Kier molecular flexibility index (Phi) is 7.00. The number of methoxy groups -OCH3 is 1. The molecule has 0 amide bonds. The van der Waals surface area contributed by atoms with E-state index in [4.69, 9.17) is 18.9 Å². The number of rotatable bonds is 7. The fraction of sp³-hybridized carbons (Fsp3) is 0.815. The third kappa shape index (κ3) is 4.34. The van der Waals surface area contributed by atoms with Crippen molar-refractivity contribution in [3.05, 3.63) is 11.6 Å². The van der Waals surface area contributed by atoms with Crippen LogP contribution >= 0.6 is 0 Å². The molecule has 7 heteroatoms. The van der Waals surface area contributed by atoms with Gasteiger partial charge in [0.25, 0.3) is 0 Å². The van der Waals surface area contributed by atoms with Crippen molar-refractivity contribution in [3.8, 4) is 0 Å². The van der Waals surface area contributed by atoms with E-state index in [0.29, 0.717) is 30.6 Å². The molecule has 4 aliphatic carbocycles. The number of hydrogen-bond acceptors (Lipinski definition) is 7. The standard InChI is InChI=1S/C27H40O7/c1-17(28)32-15-24(30)23-9-8-21-20-7-6-19-14-27(33-16-31-5,34-18(2)29)13-12-25(19,3)22(20)10-11-26(21,23)4/h6,20-23H,7-16H2,1-5H3/t20-,21-,22-,23+,25-,26-,27-/m0/s1. The van der Waals surface area contributed by atoms with Crippen molar-refractivity contribution < 1.29 is 33.3 Å². The Morgan fingerprint density at radius 2 is 1.76 bits per heavy atom. The molecule has 190 valence electrons. The van der Waals surface area contributed by atoms with Gasteiger partial charge >= 0.3 is 11.9 Å². The van der Waals surface area contributed by atoms with Crippen LogP contribution < -0.4 is 0 Å². The third-order valence-corrected chi connectivity index (χ3v) is 9.69. The second kappa shape index (κ2) is 9.38. The molecule has 0 spiro atoms. The number of ether oxygens (including phenoxy) is 4. The van der Waals surface area contributed by atoms with Gasteiger partial charge in [0.05, 0.1) is 0 Å². The molecule has 0 bridgehead atoms. The van der Waals surface area contributed by atoms with Gasteiger partial charge in [-0.05, 0) is 67.1 Å². The van der Waals surface area contributed by atoms with E-state index in [1.165, 1.54) is 19.4 Å². The quantitative estimate of drug-likeness (QED) is 0.302. The number of Topliss-reactive ketones (excluding diaryl/α,β-unsaturated/α-hetero) is 1. The molecule has 0 radical (unpaired) electrons. The number of carbonyl (C=O) groups is 3. The highest BCUT2D eigenvalue weighted by Crippen LogP contribution is 2.67. The number of allylic oxidation sites excluding steroid dienone is 1. The van der Waals surface area contributed by atoms with Crippen LogP contribution in [0.5, 0.6) is 0 Å². The fourth-order valence-corrected chi connectivity index (χ4v) is 8.08. The highest BCUT2D eigenvalue weighted by molar-refractivity contribution is 5.85. The van der Waals surface area contributed by atoms with Crippen LogP contribution in [0, 0.1) is 34.5 Å². The average Bonchev–Trinajstić information content (AvgIpc) is 3.13. The molecule has 3 saturated carbocycles. The SMILES string of the molecule is COCO[C@]1(OC(C)=O)CC[C@@]2(C)C(=CC[C@H]3[C@@H]4CC[C@H](C(=O)COC(C)=O)[C@@]4(C)CC[C@@H]32)C1. The van der Waals surface area contributed by atoms with Gasteiger partial charge in [0.1, 0.15) is 6.61 Å². The van der Waals surface area contributed by atoms with Crippen molar-refractivity contribution in [2.24, 2.45) is 34.5 Å². The molecule has 4 aliphatic rings. The predicted molar refractivity (Wildman–Crippen MR) is 124 cm³/mol. The summed E-state index contributed by atoms with van der Waals surface area (Å²) in [7, 11) is 1.57. The van der Waals surface area contributed by atoms with E-state index in [9.17, 15) is 14.4 Å². The van der Waals surface area contributed by atoms with Gasteiger partial charge in [-0.25, -0.2) is 0 Å². The first-order valence-electron chi connectivity index (χ1n) is 12.7. The van der Waals surface area contributed by atoms with Gasteiger partial charge in [0.2, 0.25) is 5.79 Å². The minimum Gasteiger partial charge on any atom is -0.458 e. The summed E-state index contributed by atoms with van der Waals surface area (Å²) < 4.78 is 21.9. The molecular weight excluding hydrogens is 436 g/mol. The maximum absolute atomic E-state index is 13.0. The van der Waals surface area contributed by atoms with Crippen LogP contribution in [0.1, 0.15) is 79.1 Å². The number of ketones is 1. The molecule has 3 fully saturated rings. The zero-order valence-electron chi connectivity index (χ0n) is 21.3. The molecule has 7 atom stereocenters. The highest BCUT2D eigenvalue weighted by atomic mass is 16.8. The molecule has 7 nitrogen and oxygen atoms in total. The number of carbonyl (C=O) groups excluding carboxylic acids is 3. The van der Waals surface area contributed by atoms with E-state index in [1.54, 1.807) is 7.11 Å². The summed E-state index contributed by atoms with van der Waals surface area (Å²) in [5.41, 5.74) is 1.35. The zero-order chi connectivity index (χ0) is 24.7. The van der Waals surface area contributed by atoms with Gasteiger partial charge in [-0.2, -0.15) is 0 Å². The zero-order valence-corrected chi connectivity index (χ0v) is 21.3. The van der Waals surface area contributed by atoms with Crippen molar-refractivity contribution in [1.29, 1.82) is 0 Å². The third-order valence-electron chi connectivity index (χ3n) is 9.69. The van der Waals surface area contributed by atoms with E-state index in [2.05, 4.69) is 19.9 Å². The van der Waals surface area contributed by atoms with E-state index in [0.717, 1.165) is 38.5 Å². The molecule has 0 heterocycles.